The average molecular weight is 510 g/mol. The Morgan fingerprint density at radius 2 is 1.86 bits per heavy atom. The summed E-state index contributed by atoms with van der Waals surface area (Å²) >= 11 is 0. The Morgan fingerprint density at radius 3 is 2.54 bits per heavy atom. The van der Waals surface area contributed by atoms with E-state index in [9.17, 15) is 21.6 Å². The second-order valence-electron chi connectivity index (χ2n) is 9.45. The van der Waals surface area contributed by atoms with Crippen LogP contribution in [0.4, 0.5) is 13.2 Å². The van der Waals surface area contributed by atoms with Gasteiger partial charge in [0.05, 0.1) is 22.2 Å². The van der Waals surface area contributed by atoms with Crippen molar-refractivity contribution in [2.45, 2.75) is 50.9 Å². The number of benzene rings is 2. The molecule has 1 aromatic heterocycles. The molecule has 0 amide bonds. The zero-order chi connectivity index (χ0) is 25.2. The number of nitrogens with zero attached hydrogens (tertiary/aromatic N) is 3. The molecule has 1 aliphatic heterocycles. The highest BCUT2D eigenvalue weighted by Crippen LogP contribution is 2.33. The molecule has 0 atom stereocenters. The Labute approximate surface area is 203 Å². The van der Waals surface area contributed by atoms with Crippen LogP contribution >= 0.6 is 0 Å². The molecule has 0 N–H and O–H groups in total. The van der Waals surface area contributed by atoms with E-state index in [1.54, 1.807) is 18.3 Å². The SMILES string of the molecule is CC(C)CN(Cc1ccccc1C(F)(F)F)S(=O)(=O)c1ccc2c(cnn2CC2CCOCC2)c1. The average Bonchev–Trinajstić information content (AvgIpc) is 3.20. The predicted octanol–water partition coefficient (Wildman–Crippen LogP) is 5.33. The van der Waals surface area contributed by atoms with Crippen LogP contribution < -0.4 is 0 Å². The second-order valence-corrected chi connectivity index (χ2v) is 11.4. The van der Waals surface area contributed by atoms with Gasteiger partial charge in [-0.15, -0.1) is 0 Å². The minimum Gasteiger partial charge on any atom is -0.381 e. The van der Waals surface area contributed by atoms with E-state index in [4.69, 9.17) is 4.74 Å². The van der Waals surface area contributed by atoms with Gasteiger partial charge in [0.25, 0.3) is 0 Å². The molecule has 0 unspecified atom stereocenters. The molecule has 2 aromatic carbocycles. The maximum atomic E-state index is 13.6. The van der Waals surface area contributed by atoms with Crippen molar-refractivity contribution in [1.29, 1.82) is 0 Å². The summed E-state index contributed by atoms with van der Waals surface area (Å²) in [4.78, 5) is 0.0424. The Bertz CT molecular complexity index is 1270. The van der Waals surface area contributed by atoms with Crippen LogP contribution in [0.5, 0.6) is 0 Å². The summed E-state index contributed by atoms with van der Waals surface area (Å²) in [6.07, 6.45) is -1.02. The van der Waals surface area contributed by atoms with Gasteiger partial charge >= 0.3 is 6.18 Å². The van der Waals surface area contributed by atoms with Crippen molar-refractivity contribution >= 4 is 20.9 Å². The first kappa shape index (κ1) is 25.7. The normalized spacial score (nSPS) is 16.0. The van der Waals surface area contributed by atoms with Gasteiger partial charge in [0.15, 0.2) is 0 Å². The molecule has 0 aliphatic carbocycles. The number of hydrogen-bond acceptors (Lipinski definition) is 4. The number of alkyl halides is 3. The molecule has 0 bridgehead atoms. The second kappa shape index (κ2) is 10.3. The van der Waals surface area contributed by atoms with Crippen molar-refractivity contribution in [2.75, 3.05) is 19.8 Å². The van der Waals surface area contributed by atoms with Crippen LogP contribution in [-0.4, -0.2) is 42.3 Å². The van der Waals surface area contributed by atoms with Gasteiger partial charge in [-0.05, 0) is 54.5 Å². The lowest BCUT2D eigenvalue weighted by atomic mass is 10.0. The molecule has 3 aromatic rings. The van der Waals surface area contributed by atoms with Crippen molar-refractivity contribution in [2.24, 2.45) is 11.8 Å². The third-order valence-electron chi connectivity index (χ3n) is 6.26. The number of rotatable bonds is 8. The number of sulfonamides is 1. The molecule has 2 heterocycles. The van der Waals surface area contributed by atoms with Crippen LogP contribution in [-0.2, 0) is 34.0 Å². The van der Waals surface area contributed by atoms with Gasteiger partial charge in [-0.3, -0.25) is 4.68 Å². The Kier molecular flexibility index (Phi) is 7.54. The molecule has 6 nitrogen and oxygen atoms in total. The molecular weight excluding hydrogens is 479 g/mol. The van der Waals surface area contributed by atoms with Gasteiger partial charge in [0, 0.05) is 38.2 Å². The number of ether oxygens (including phenoxy) is 1. The van der Waals surface area contributed by atoms with Crippen LogP contribution in [0.1, 0.15) is 37.8 Å². The van der Waals surface area contributed by atoms with Crippen LogP contribution in [0.15, 0.2) is 53.6 Å². The highest BCUT2D eigenvalue weighted by atomic mass is 32.2. The maximum absolute atomic E-state index is 13.6. The van der Waals surface area contributed by atoms with Crippen molar-refractivity contribution in [1.82, 2.24) is 14.1 Å². The lowest BCUT2D eigenvalue weighted by Gasteiger charge is -2.25. The lowest BCUT2D eigenvalue weighted by Crippen LogP contribution is -2.34. The summed E-state index contributed by atoms with van der Waals surface area (Å²) in [5.41, 5.74) is -0.0725. The van der Waals surface area contributed by atoms with Gasteiger partial charge in [0.2, 0.25) is 10.0 Å². The highest BCUT2D eigenvalue weighted by Gasteiger charge is 2.35. The number of halogens is 3. The highest BCUT2D eigenvalue weighted by molar-refractivity contribution is 7.89. The number of fused-ring (bicyclic) bond motifs is 1. The fourth-order valence-corrected chi connectivity index (χ4v) is 6.09. The van der Waals surface area contributed by atoms with Crippen molar-refractivity contribution < 1.29 is 26.3 Å². The van der Waals surface area contributed by atoms with Gasteiger partial charge in [-0.25, -0.2) is 8.42 Å². The third kappa shape index (κ3) is 5.87. The van der Waals surface area contributed by atoms with E-state index in [2.05, 4.69) is 5.10 Å². The van der Waals surface area contributed by atoms with Gasteiger partial charge in [-0.1, -0.05) is 32.0 Å². The quantitative estimate of drug-likeness (QED) is 0.412. The Morgan fingerprint density at radius 1 is 1.14 bits per heavy atom. The molecule has 1 aliphatic rings. The topological polar surface area (TPSA) is 64.4 Å². The zero-order valence-corrected chi connectivity index (χ0v) is 20.6. The van der Waals surface area contributed by atoms with E-state index in [1.807, 2.05) is 18.5 Å². The number of aromatic nitrogens is 2. The summed E-state index contributed by atoms with van der Waals surface area (Å²) in [6.45, 7) is 5.59. The first-order chi connectivity index (χ1) is 16.6. The lowest BCUT2D eigenvalue weighted by molar-refractivity contribution is -0.138. The maximum Gasteiger partial charge on any atom is 0.416 e. The monoisotopic (exact) mass is 509 g/mol. The zero-order valence-electron chi connectivity index (χ0n) is 19.8. The molecule has 190 valence electrons. The molecular formula is C25H30F3N3O3S. The van der Waals surface area contributed by atoms with Crippen LogP contribution in [0.3, 0.4) is 0 Å². The summed E-state index contributed by atoms with van der Waals surface area (Å²) < 4.78 is 76.3. The van der Waals surface area contributed by atoms with Gasteiger partial charge in [0.1, 0.15) is 0 Å². The van der Waals surface area contributed by atoms with E-state index in [-0.39, 0.29) is 29.5 Å². The fraction of sp³-hybridized carbons (Fsp3) is 0.480. The summed E-state index contributed by atoms with van der Waals surface area (Å²) in [6, 6.07) is 9.91. The van der Waals surface area contributed by atoms with Crippen LogP contribution in [0.2, 0.25) is 0 Å². The molecule has 1 fully saturated rings. The van der Waals surface area contributed by atoms with Crippen LogP contribution in [0.25, 0.3) is 10.9 Å². The molecule has 10 heteroatoms. The van der Waals surface area contributed by atoms with E-state index < -0.39 is 21.8 Å². The Hall–Kier alpha value is -2.43. The van der Waals surface area contributed by atoms with Crippen molar-refractivity contribution in [3.05, 3.63) is 59.8 Å². The van der Waals surface area contributed by atoms with Crippen molar-refractivity contribution in [3.8, 4) is 0 Å². The van der Waals surface area contributed by atoms with E-state index >= 15 is 0 Å². The minimum absolute atomic E-state index is 0.0424. The molecule has 0 radical (unpaired) electrons. The predicted molar refractivity (Wildman–Crippen MR) is 127 cm³/mol. The first-order valence-electron chi connectivity index (χ1n) is 11.7. The van der Waals surface area contributed by atoms with Crippen molar-refractivity contribution in [3.63, 3.8) is 0 Å². The summed E-state index contributed by atoms with van der Waals surface area (Å²) in [5, 5.41) is 5.13. The Balaban J connectivity index is 1.64. The third-order valence-corrected chi connectivity index (χ3v) is 8.07. The van der Waals surface area contributed by atoms with Crippen LogP contribution in [0, 0.1) is 11.8 Å². The fourth-order valence-electron chi connectivity index (χ4n) is 4.47. The molecule has 0 saturated carbocycles. The summed E-state index contributed by atoms with van der Waals surface area (Å²) in [5.74, 6) is 0.374. The number of hydrogen-bond donors (Lipinski definition) is 0. The molecule has 4 rings (SSSR count). The van der Waals surface area contributed by atoms with Gasteiger partial charge < -0.3 is 4.74 Å². The van der Waals surface area contributed by atoms with E-state index in [1.165, 1.54) is 24.3 Å². The standard InChI is InChI=1S/C25H30F3N3O3S/c1-18(2)15-30(17-20-5-3-4-6-23(20)25(26,27)28)35(32,33)22-7-8-24-21(13-22)14-29-31(24)16-19-9-11-34-12-10-19/h3-8,13-14,18-19H,9-12,15-17H2,1-2H3. The molecule has 1 saturated heterocycles. The largest absolute Gasteiger partial charge is 0.416 e. The molecule has 35 heavy (non-hydrogen) atoms. The van der Waals surface area contributed by atoms with Gasteiger partial charge in [-0.2, -0.15) is 22.6 Å². The van der Waals surface area contributed by atoms with E-state index in [0.29, 0.717) is 11.3 Å². The first-order valence-corrected chi connectivity index (χ1v) is 13.2. The smallest absolute Gasteiger partial charge is 0.381 e. The summed E-state index contributed by atoms with van der Waals surface area (Å²) in [7, 11) is -4.05. The minimum atomic E-state index is -4.57. The molecule has 0 spiro atoms. The van der Waals surface area contributed by atoms with E-state index in [0.717, 1.165) is 48.5 Å².